The topological polar surface area (TPSA) is 37.3 Å². The standard InChI is InChI=1S/C8H6BrClO2/c9-7(8(11)12)5-1-3-6(10)4-2-5/h1-4,7H,(H,11,12)/t7-/m1/s1. The SMILES string of the molecule is O=C(O)[C@H](Br)c1ccc(Cl)cc1. The number of benzene rings is 1. The normalized spacial score (nSPS) is 12.5. The lowest BCUT2D eigenvalue weighted by Gasteiger charge is -2.03. The summed E-state index contributed by atoms with van der Waals surface area (Å²) in [6, 6.07) is 6.67. The number of rotatable bonds is 2. The summed E-state index contributed by atoms with van der Waals surface area (Å²) < 4.78 is 0. The third-order valence-electron chi connectivity index (χ3n) is 1.38. The zero-order valence-corrected chi connectivity index (χ0v) is 8.34. The Bertz CT molecular complexity index is 284. The van der Waals surface area contributed by atoms with Crippen molar-refractivity contribution in [1.82, 2.24) is 0 Å². The van der Waals surface area contributed by atoms with Gasteiger partial charge in [-0.3, -0.25) is 4.79 Å². The van der Waals surface area contributed by atoms with Gasteiger partial charge in [0.2, 0.25) is 0 Å². The summed E-state index contributed by atoms with van der Waals surface area (Å²) in [5.41, 5.74) is 0.687. The molecule has 0 radical (unpaired) electrons. The second-order valence-corrected chi connectivity index (χ2v) is 3.60. The first-order valence-electron chi connectivity index (χ1n) is 3.23. The zero-order valence-electron chi connectivity index (χ0n) is 6.00. The number of halogens is 2. The van der Waals surface area contributed by atoms with Crippen LogP contribution in [0.4, 0.5) is 0 Å². The van der Waals surface area contributed by atoms with Crippen molar-refractivity contribution in [2.45, 2.75) is 4.83 Å². The van der Waals surface area contributed by atoms with Crippen molar-refractivity contribution in [3.8, 4) is 0 Å². The van der Waals surface area contributed by atoms with Crippen molar-refractivity contribution in [1.29, 1.82) is 0 Å². The van der Waals surface area contributed by atoms with E-state index >= 15 is 0 Å². The van der Waals surface area contributed by atoms with Crippen molar-refractivity contribution >= 4 is 33.5 Å². The maximum Gasteiger partial charge on any atom is 0.321 e. The van der Waals surface area contributed by atoms with Gasteiger partial charge in [0.05, 0.1) is 0 Å². The molecule has 0 aliphatic rings. The first-order chi connectivity index (χ1) is 5.61. The summed E-state index contributed by atoms with van der Waals surface area (Å²) >= 11 is 8.67. The van der Waals surface area contributed by atoms with Crippen LogP contribution in [0, 0.1) is 0 Å². The number of hydrogen-bond acceptors (Lipinski definition) is 1. The van der Waals surface area contributed by atoms with Crippen LogP contribution in [0.3, 0.4) is 0 Å². The molecule has 0 aliphatic carbocycles. The fourth-order valence-corrected chi connectivity index (χ4v) is 1.21. The Kier molecular flexibility index (Phi) is 3.12. The van der Waals surface area contributed by atoms with Crippen LogP contribution >= 0.6 is 27.5 Å². The fourth-order valence-electron chi connectivity index (χ4n) is 0.774. The number of carboxylic acids is 1. The molecule has 1 aromatic rings. The van der Waals surface area contributed by atoms with Crippen LogP contribution < -0.4 is 0 Å². The molecular weight excluding hydrogens is 243 g/mol. The number of carboxylic acid groups (broad SMARTS) is 1. The van der Waals surface area contributed by atoms with Crippen LogP contribution in [-0.2, 0) is 4.79 Å². The lowest BCUT2D eigenvalue weighted by atomic mass is 10.1. The first-order valence-corrected chi connectivity index (χ1v) is 4.53. The van der Waals surface area contributed by atoms with Gasteiger partial charge in [0, 0.05) is 5.02 Å². The molecule has 0 heterocycles. The van der Waals surface area contributed by atoms with Gasteiger partial charge in [-0.1, -0.05) is 39.7 Å². The molecule has 64 valence electrons. The molecule has 0 bridgehead atoms. The molecule has 1 aromatic carbocycles. The Morgan fingerprint density at radius 2 is 1.92 bits per heavy atom. The minimum atomic E-state index is -0.905. The Labute approximate surface area is 83.3 Å². The smallest absolute Gasteiger partial charge is 0.321 e. The van der Waals surface area contributed by atoms with E-state index in [4.69, 9.17) is 16.7 Å². The highest BCUT2D eigenvalue weighted by Crippen LogP contribution is 2.23. The molecule has 0 spiro atoms. The zero-order chi connectivity index (χ0) is 9.14. The van der Waals surface area contributed by atoms with E-state index in [1.165, 1.54) is 0 Å². The van der Waals surface area contributed by atoms with Crippen molar-refractivity contribution in [2.75, 3.05) is 0 Å². The molecule has 0 aliphatic heterocycles. The molecule has 2 nitrogen and oxygen atoms in total. The first kappa shape index (κ1) is 9.55. The fraction of sp³-hybridized carbons (Fsp3) is 0.125. The van der Waals surface area contributed by atoms with E-state index in [1.807, 2.05) is 0 Å². The Morgan fingerprint density at radius 3 is 2.33 bits per heavy atom. The Hall–Kier alpha value is -0.540. The molecular formula is C8H6BrClO2. The van der Waals surface area contributed by atoms with Crippen LogP contribution in [-0.4, -0.2) is 11.1 Å². The molecule has 1 rings (SSSR count). The number of alkyl halides is 1. The van der Waals surface area contributed by atoms with Crippen molar-refractivity contribution in [3.05, 3.63) is 34.9 Å². The van der Waals surface area contributed by atoms with E-state index in [-0.39, 0.29) is 0 Å². The third-order valence-corrected chi connectivity index (χ3v) is 2.55. The van der Waals surface area contributed by atoms with Crippen molar-refractivity contribution < 1.29 is 9.90 Å². The predicted octanol–water partition coefficient (Wildman–Crippen LogP) is 2.86. The summed E-state index contributed by atoms with van der Waals surface area (Å²) in [6.07, 6.45) is 0. The third kappa shape index (κ3) is 2.22. The van der Waals surface area contributed by atoms with E-state index in [1.54, 1.807) is 24.3 Å². The molecule has 1 N–H and O–H groups in total. The molecule has 0 fully saturated rings. The van der Waals surface area contributed by atoms with Crippen molar-refractivity contribution in [3.63, 3.8) is 0 Å². The number of carbonyl (C=O) groups is 1. The maximum absolute atomic E-state index is 10.5. The molecule has 0 saturated heterocycles. The highest BCUT2D eigenvalue weighted by atomic mass is 79.9. The average molecular weight is 249 g/mol. The van der Waals surface area contributed by atoms with Crippen LogP contribution in [0.5, 0.6) is 0 Å². The summed E-state index contributed by atoms with van der Waals surface area (Å²) in [5.74, 6) is -0.905. The highest BCUT2D eigenvalue weighted by molar-refractivity contribution is 9.09. The second kappa shape index (κ2) is 3.92. The summed E-state index contributed by atoms with van der Waals surface area (Å²) in [7, 11) is 0. The largest absolute Gasteiger partial charge is 0.480 e. The quantitative estimate of drug-likeness (QED) is 0.818. The van der Waals surface area contributed by atoms with Gasteiger partial charge < -0.3 is 5.11 Å². The Morgan fingerprint density at radius 1 is 1.42 bits per heavy atom. The average Bonchev–Trinajstić information content (AvgIpc) is 2.04. The minimum absolute atomic E-state index is 0.601. The van der Waals surface area contributed by atoms with E-state index in [0.717, 1.165) is 0 Å². The second-order valence-electron chi connectivity index (χ2n) is 2.25. The molecule has 1 atom stereocenters. The van der Waals surface area contributed by atoms with Gasteiger partial charge in [0.1, 0.15) is 4.83 Å². The minimum Gasteiger partial charge on any atom is -0.480 e. The van der Waals surface area contributed by atoms with Crippen LogP contribution in [0.15, 0.2) is 24.3 Å². The predicted molar refractivity (Wildman–Crippen MR) is 50.8 cm³/mol. The van der Waals surface area contributed by atoms with Crippen LogP contribution in [0.2, 0.25) is 5.02 Å². The summed E-state index contributed by atoms with van der Waals surface area (Å²) in [4.78, 5) is 9.85. The monoisotopic (exact) mass is 248 g/mol. The van der Waals surface area contributed by atoms with Gasteiger partial charge in [0.15, 0.2) is 0 Å². The van der Waals surface area contributed by atoms with Crippen LogP contribution in [0.1, 0.15) is 10.4 Å². The van der Waals surface area contributed by atoms with E-state index in [2.05, 4.69) is 15.9 Å². The highest BCUT2D eigenvalue weighted by Gasteiger charge is 2.14. The molecule has 12 heavy (non-hydrogen) atoms. The van der Waals surface area contributed by atoms with Gasteiger partial charge in [0.25, 0.3) is 0 Å². The summed E-state index contributed by atoms with van der Waals surface area (Å²) in [5, 5.41) is 9.23. The van der Waals surface area contributed by atoms with E-state index in [0.29, 0.717) is 10.6 Å². The number of aliphatic carboxylic acids is 1. The number of hydrogen-bond donors (Lipinski definition) is 1. The Balaban J connectivity index is 2.89. The summed E-state index contributed by atoms with van der Waals surface area (Å²) in [6.45, 7) is 0. The molecule has 0 unspecified atom stereocenters. The van der Waals surface area contributed by atoms with Crippen LogP contribution in [0.25, 0.3) is 0 Å². The molecule has 0 amide bonds. The van der Waals surface area contributed by atoms with Gasteiger partial charge in [-0.2, -0.15) is 0 Å². The molecule has 4 heteroatoms. The van der Waals surface area contributed by atoms with Crippen molar-refractivity contribution in [2.24, 2.45) is 0 Å². The maximum atomic E-state index is 10.5. The van der Waals surface area contributed by atoms with E-state index < -0.39 is 10.8 Å². The van der Waals surface area contributed by atoms with E-state index in [9.17, 15) is 4.79 Å². The molecule has 0 saturated carbocycles. The van der Waals surface area contributed by atoms with Gasteiger partial charge in [-0.05, 0) is 17.7 Å². The molecule has 0 aromatic heterocycles. The van der Waals surface area contributed by atoms with Gasteiger partial charge in [-0.25, -0.2) is 0 Å². The lowest BCUT2D eigenvalue weighted by molar-refractivity contribution is -0.136. The lowest BCUT2D eigenvalue weighted by Crippen LogP contribution is -2.03. The van der Waals surface area contributed by atoms with Gasteiger partial charge >= 0.3 is 5.97 Å². The van der Waals surface area contributed by atoms with Gasteiger partial charge in [-0.15, -0.1) is 0 Å².